The molecule has 0 saturated carbocycles. The molecule has 128 valence electrons. The van der Waals surface area contributed by atoms with E-state index in [0.29, 0.717) is 26.2 Å². The van der Waals surface area contributed by atoms with Crippen molar-refractivity contribution >= 4 is 38.5 Å². The summed E-state index contributed by atoms with van der Waals surface area (Å²) in [4.78, 5) is 16.2. The Bertz CT molecular complexity index is 760. The Morgan fingerprint density at radius 1 is 1.38 bits per heavy atom. The molecule has 24 heavy (non-hydrogen) atoms. The van der Waals surface area contributed by atoms with Crippen molar-refractivity contribution in [1.82, 2.24) is 4.98 Å². The molecule has 1 fully saturated rings. The Hall–Kier alpha value is -1.70. The van der Waals surface area contributed by atoms with Crippen LogP contribution in [0.3, 0.4) is 0 Å². The third kappa shape index (κ3) is 3.68. The number of hydrogen-bond acceptors (Lipinski definition) is 6. The van der Waals surface area contributed by atoms with Gasteiger partial charge < -0.3 is 19.5 Å². The van der Waals surface area contributed by atoms with Crippen molar-refractivity contribution in [2.45, 2.75) is 19.1 Å². The van der Waals surface area contributed by atoms with Crippen LogP contribution in [0.5, 0.6) is 0 Å². The number of nitrogens with zero attached hydrogens (tertiary/aromatic N) is 1. The second-order valence-electron chi connectivity index (χ2n) is 5.72. The van der Waals surface area contributed by atoms with Gasteiger partial charge in [-0.2, -0.15) is 0 Å². The zero-order valence-corrected chi connectivity index (χ0v) is 15.2. The summed E-state index contributed by atoms with van der Waals surface area (Å²) in [5.41, 5.74) is 1.82. The van der Waals surface area contributed by atoms with Gasteiger partial charge in [0.15, 0.2) is 11.5 Å². The lowest BCUT2D eigenvalue weighted by atomic mass is 10.1. The number of anilines is 1. The molecule has 6 nitrogen and oxygen atoms in total. The minimum Gasteiger partial charge on any atom is -0.464 e. The van der Waals surface area contributed by atoms with Crippen LogP contribution in [0.15, 0.2) is 28.7 Å². The fourth-order valence-electron chi connectivity index (χ4n) is 2.68. The van der Waals surface area contributed by atoms with Gasteiger partial charge in [-0.3, -0.25) is 0 Å². The number of esters is 1. The number of fused-ring (bicyclic) bond motifs is 1. The normalized spacial score (nSPS) is 16.3. The highest BCUT2D eigenvalue weighted by Gasteiger charge is 2.30. The number of ether oxygens (including phenoxy) is 3. The van der Waals surface area contributed by atoms with Gasteiger partial charge in [0.05, 0.1) is 25.8 Å². The molecule has 7 heteroatoms. The SMILES string of the molecule is COC(=O)c1cc(NCCC2(C)OCCO2)c2cc(Br)ccc2n1. The molecule has 0 atom stereocenters. The van der Waals surface area contributed by atoms with Crippen molar-refractivity contribution in [3.8, 4) is 0 Å². The Morgan fingerprint density at radius 3 is 2.83 bits per heavy atom. The highest BCUT2D eigenvalue weighted by atomic mass is 79.9. The molecular weight excluding hydrogens is 376 g/mol. The summed E-state index contributed by atoms with van der Waals surface area (Å²) in [7, 11) is 1.35. The molecule has 1 aliphatic heterocycles. The van der Waals surface area contributed by atoms with Crippen LogP contribution in [0, 0.1) is 0 Å². The number of carbonyl (C=O) groups is 1. The van der Waals surface area contributed by atoms with Crippen LogP contribution in [-0.2, 0) is 14.2 Å². The molecule has 0 aliphatic carbocycles. The lowest BCUT2D eigenvalue weighted by Crippen LogP contribution is -2.28. The molecule has 0 unspecified atom stereocenters. The summed E-state index contributed by atoms with van der Waals surface area (Å²) in [6, 6.07) is 7.43. The highest BCUT2D eigenvalue weighted by Crippen LogP contribution is 2.28. The summed E-state index contributed by atoms with van der Waals surface area (Å²) in [6.07, 6.45) is 0.693. The van der Waals surface area contributed by atoms with E-state index in [2.05, 4.69) is 26.2 Å². The fourth-order valence-corrected chi connectivity index (χ4v) is 3.04. The first-order valence-corrected chi connectivity index (χ1v) is 8.50. The fraction of sp³-hybridized carbons (Fsp3) is 0.412. The van der Waals surface area contributed by atoms with E-state index in [9.17, 15) is 4.79 Å². The van der Waals surface area contributed by atoms with Crippen LogP contribution in [-0.4, -0.2) is 43.6 Å². The van der Waals surface area contributed by atoms with Gasteiger partial charge >= 0.3 is 5.97 Å². The lowest BCUT2D eigenvalue weighted by Gasteiger charge is -2.22. The zero-order valence-electron chi connectivity index (χ0n) is 13.6. The number of methoxy groups -OCH3 is 1. The number of benzene rings is 1. The monoisotopic (exact) mass is 394 g/mol. The number of pyridine rings is 1. The lowest BCUT2D eigenvalue weighted by molar-refractivity contribution is -0.144. The zero-order chi connectivity index (χ0) is 17.2. The molecule has 1 saturated heterocycles. The van der Waals surface area contributed by atoms with Crippen molar-refractivity contribution < 1.29 is 19.0 Å². The topological polar surface area (TPSA) is 69.7 Å². The van der Waals surface area contributed by atoms with Crippen molar-refractivity contribution in [2.75, 3.05) is 32.2 Å². The van der Waals surface area contributed by atoms with E-state index in [1.54, 1.807) is 6.07 Å². The minimum atomic E-state index is -0.554. The Balaban J connectivity index is 1.86. The number of rotatable bonds is 5. The standard InChI is InChI=1S/C17H19BrN2O4/c1-17(23-7-8-24-17)5-6-19-14-10-15(16(21)22-2)20-13-4-3-11(18)9-12(13)14/h3-4,9-10H,5-8H2,1-2H3,(H,19,20). The quantitative estimate of drug-likeness (QED) is 0.784. The summed E-state index contributed by atoms with van der Waals surface area (Å²) in [6.45, 7) is 3.81. The summed E-state index contributed by atoms with van der Waals surface area (Å²) >= 11 is 3.47. The van der Waals surface area contributed by atoms with Gasteiger partial charge in [0, 0.05) is 28.5 Å². The molecular formula is C17H19BrN2O4. The maximum atomic E-state index is 11.8. The van der Waals surface area contributed by atoms with Crippen LogP contribution in [0.1, 0.15) is 23.8 Å². The number of hydrogen-bond donors (Lipinski definition) is 1. The molecule has 1 aromatic carbocycles. The van der Waals surface area contributed by atoms with Crippen molar-refractivity contribution in [1.29, 1.82) is 0 Å². The van der Waals surface area contributed by atoms with Gasteiger partial charge in [-0.05, 0) is 31.2 Å². The van der Waals surface area contributed by atoms with E-state index in [0.717, 1.165) is 21.1 Å². The van der Waals surface area contributed by atoms with Crippen molar-refractivity contribution in [2.24, 2.45) is 0 Å². The minimum absolute atomic E-state index is 0.273. The average molecular weight is 395 g/mol. The van der Waals surface area contributed by atoms with Crippen LogP contribution in [0.4, 0.5) is 5.69 Å². The van der Waals surface area contributed by atoms with Gasteiger partial charge in [0.1, 0.15) is 0 Å². The second kappa shape index (κ2) is 7.04. The molecule has 1 aromatic heterocycles. The first-order chi connectivity index (χ1) is 11.5. The van der Waals surface area contributed by atoms with Crippen LogP contribution >= 0.6 is 15.9 Å². The Morgan fingerprint density at radius 2 is 2.12 bits per heavy atom. The maximum Gasteiger partial charge on any atom is 0.356 e. The Labute approximate surface area is 148 Å². The molecule has 1 aliphatic rings. The van der Waals surface area contributed by atoms with Gasteiger partial charge in [-0.25, -0.2) is 9.78 Å². The first kappa shape index (κ1) is 17.1. The van der Waals surface area contributed by atoms with Gasteiger partial charge in [-0.15, -0.1) is 0 Å². The molecule has 3 rings (SSSR count). The smallest absolute Gasteiger partial charge is 0.356 e. The predicted octanol–water partition coefficient (Wildman–Crippen LogP) is 3.35. The molecule has 0 bridgehead atoms. The van der Waals surface area contributed by atoms with Crippen LogP contribution in [0.2, 0.25) is 0 Å². The van der Waals surface area contributed by atoms with Crippen LogP contribution in [0.25, 0.3) is 10.9 Å². The highest BCUT2D eigenvalue weighted by molar-refractivity contribution is 9.10. The van der Waals surface area contributed by atoms with Gasteiger partial charge in [-0.1, -0.05) is 15.9 Å². The third-order valence-corrected chi connectivity index (χ3v) is 4.45. The maximum absolute atomic E-state index is 11.8. The van der Waals surface area contributed by atoms with E-state index < -0.39 is 11.8 Å². The van der Waals surface area contributed by atoms with Crippen molar-refractivity contribution in [3.63, 3.8) is 0 Å². The van der Waals surface area contributed by atoms with E-state index in [1.807, 2.05) is 25.1 Å². The van der Waals surface area contributed by atoms with Crippen LogP contribution < -0.4 is 5.32 Å². The number of halogens is 1. The van der Waals surface area contributed by atoms with E-state index >= 15 is 0 Å². The summed E-state index contributed by atoms with van der Waals surface area (Å²) < 4.78 is 16.9. The van der Waals surface area contributed by atoms with Crippen molar-refractivity contribution in [3.05, 3.63) is 34.4 Å². The largest absolute Gasteiger partial charge is 0.464 e. The first-order valence-electron chi connectivity index (χ1n) is 7.71. The molecule has 0 amide bonds. The molecule has 1 N–H and O–H groups in total. The number of nitrogens with one attached hydrogen (secondary N) is 1. The summed E-state index contributed by atoms with van der Waals surface area (Å²) in [5, 5.41) is 4.28. The Kier molecular flexibility index (Phi) is 5.03. The number of carbonyl (C=O) groups excluding carboxylic acids is 1. The third-order valence-electron chi connectivity index (χ3n) is 3.96. The molecule has 0 radical (unpaired) electrons. The second-order valence-corrected chi connectivity index (χ2v) is 6.63. The van der Waals surface area contributed by atoms with E-state index in [4.69, 9.17) is 14.2 Å². The number of aromatic nitrogens is 1. The molecule has 2 aromatic rings. The van der Waals surface area contributed by atoms with E-state index in [-0.39, 0.29) is 5.69 Å². The molecule has 2 heterocycles. The molecule has 0 spiro atoms. The summed E-state index contributed by atoms with van der Waals surface area (Å²) in [5.74, 6) is -1.01. The predicted molar refractivity (Wildman–Crippen MR) is 94.2 cm³/mol. The van der Waals surface area contributed by atoms with Gasteiger partial charge in [0.2, 0.25) is 0 Å². The van der Waals surface area contributed by atoms with E-state index in [1.165, 1.54) is 7.11 Å². The average Bonchev–Trinajstić information content (AvgIpc) is 3.00. The van der Waals surface area contributed by atoms with Gasteiger partial charge in [0.25, 0.3) is 0 Å².